The molecule has 2 fully saturated rings. The van der Waals surface area contributed by atoms with Gasteiger partial charge in [0.15, 0.2) is 0 Å². The van der Waals surface area contributed by atoms with Crippen LogP contribution in [0.3, 0.4) is 0 Å². The van der Waals surface area contributed by atoms with Crippen LogP contribution < -0.4 is 5.32 Å². The van der Waals surface area contributed by atoms with E-state index in [1.165, 1.54) is 51.9 Å². The van der Waals surface area contributed by atoms with Crippen molar-refractivity contribution in [3.8, 4) is 0 Å². The van der Waals surface area contributed by atoms with Crippen molar-refractivity contribution in [2.75, 3.05) is 33.2 Å². The quantitative estimate of drug-likeness (QED) is 0.788. The summed E-state index contributed by atoms with van der Waals surface area (Å²) in [4.78, 5) is 5.30. The van der Waals surface area contributed by atoms with Crippen molar-refractivity contribution < 1.29 is 0 Å². The minimum absolute atomic E-state index is 0.723. The van der Waals surface area contributed by atoms with Gasteiger partial charge in [0, 0.05) is 37.8 Å². The molecular weight excluding hydrogens is 210 g/mol. The van der Waals surface area contributed by atoms with E-state index in [0.717, 1.165) is 18.1 Å². The molecule has 0 saturated carbocycles. The highest BCUT2D eigenvalue weighted by Crippen LogP contribution is 2.20. The predicted molar refractivity (Wildman–Crippen MR) is 73.4 cm³/mol. The second-order valence-electron chi connectivity index (χ2n) is 5.96. The van der Waals surface area contributed by atoms with Gasteiger partial charge in [0.05, 0.1) is 0 Å². The Morgan fingerprint density at radius 2 is 2.06 bits per heavy atom. The summed E-state index contributed by atoms with van der Waals surface area (Å²) < 4.78 is 0. The molecule has 3 unspecified atom stereocenters. The molecule has 0 amide bonds. The fraction of sp³-hybridized carbons (Fsp3) is 1.00. The maximum absolute atomic E-state index is 3.65. The Bertz CT molecular complexity index is 224. The first-order valence-electron chi connectivity index (χ1n) is 7.38. The molecule has 0 bridgehead atoms. The highest BCUT2D eigenvalue weighted by molar-refractivity contribution is 4.88. The molecule has 0 aliphatic carbocycles. The topological polar surface area (TPSA) is 18.5 Å². The van der Waals surface area contributed by atoms with Gasteiger partial charge in [0.25, 0.3) is 0 Å². The Morgan fingerprint density at radius 3 is 2.71 bits per heavy atom. The van der Waals surface area contributed by atoms with Gasteiger partial charge in [-0.05, 0) is 46.2 Å². The molecule has 0 aromatic carbocycles. The van der Waals surface area contributed by atoms with Crippen LogP contribution in [0, 0.1) is 0 Å². The third-order valence-electron chi connectivity index (χ3n) is 4.52. The summed E-state index contributed by atoms with van der Waals surface area (Å²) in [7, 11) is 2.27. The summed E-state index contributed by atoms with van der Waals surface area (Å²) in [6.45, 7) is 9.66. The van der Waals surface area contributed by atoms with E-state index >= 15 is 0 Å². The van der Waals surface area contributed by atoms with Crippen LogP contribution in [-0.4, -0.2) is 61.2 Å². The largest absolute Gasteiger partial charge is 0.313 e. The first-order chi connectivity index (χ1) is 8.20. The fourth-order valence-electron chi connectivity index (χ4n) is 3.37. The standard InChI is InChI=1S/C14H29N3/c1-4-13-11-16(3)8-5-9-17(13)14-7-6-12(2)15-10-14/h12-15H,4-11H2,1-3H3. The van der Waals surface area contributed by atoms with Crippen LogP contribution in [0.15, 0.2) is 0 Å². The molecule has 17 heavy (non-hydrogen) atoms. The SMILES string of the molecule is CCC1CN(C)CCCN1C1CCC(C)NC1. The van der Waals surface area contributed by atoms with E-state index in [9.17, 15) is 0 Å². The zero-order valence-corrected chi connectivity index (χ0v) is 11.8. The maximum Gasteiger partial charge on any atom is 0.0224 e. The summed E-state index contributed by atoms with van der Waals surface area (Å²) in [5, 5.41) is 3.65. The highest BCUT2D eigenvalue weighted by atomic mass is 15.3. The van der Waals surface area contributed by atoms with Gasteiger partial charge in [-0.3, -0.25) is 4.90 Å². The number of likely N-dealkylation sites (N-methyl/N-ethyl adjacent to an activating group) is 1. The van der Waals surface area contributed by atoms with Crippen LogP contribution in [0.25, 0.3) is 0 Å². The van der Waals surface area contributed by atoms with Crippen LogP contribution in [0.1, 0.15) is 39.5 Å². The number of rotatable bonds is 2. The Morgan fingerprint density at radius 1 is 1.24 bits per heavy atom. The second-order valence-corrected chi connectivity index (χ2v) is 5.96. The Hall–Kier alpha value is -0.120. The van der Waals surface area contributed by atoms with Gasteiger partial charge < -0.3 is 10.2 Å². The molecule has 100 valence electrons. The molecule has 3 heteroatoms. The van der Waals surface area contributed by atoms with E-state index < -0.39 is 0 Å². The average molecular weight is 239 g/mol. The lowest BCUT2D eigenvalue weighted by Gasteiger charge is -2.40. The van der Waals surface area contributed by atoms with Crippen LogP contribution in [0.5, 0.6) is 0 Å². The van der Waals surface area contributed by atoms with E-state index in [-0.39, 0.29) is 0 Å². The Kier molecular flexibility index (Phi) is 4.83. The van der Waals surface area contributed by atoms with Crippen LogP contribution in [0.4, 0.5) is 0 Å². The third kappa shape index (κ3) is 3.43. The molecule has 1 N–H and O–H groups in total. The normalized spacial score (nSPS) is 37.9. The van der Waals surface area contributed by atoms with Crippen LogP contribution >= 0.6 is 0 Å². The van der Waals surface area contributed by atoms with Gasteiger partial charge in [-0.15, -0.1) is 0 Å². The van der Waals surface area contributed by atoms with Crippen LogP contribution in [0.2, 0.25) is 0 Å². The second kappa shape index (κ2) is 6.17. The molecule has 0 aromatic heterocycles. The minimum atomic E-state index is 0.723. The van der Waals surface area contributed by atoms with Crippen molar-refractivity contribution in [1.82, 2.24) is 15.1 Å². The molecule has 3 atom stereocenters. The molecule has 0 spiro atoms. The van der Waals surface area contributed by atoms with Gasteiger partial charge in [-0.1, -0.05) is 6.92 Å². The van der Waals surface area contributed by atoms with Gasteiger partial charge in [-0.2, -0.15) is 0 Å². The van der Waals surface area contributed by atoms with Crippen molar-refractivity contribution in [3.63, 3.8) is 0 Å². The molecule has 2 aliphatic heterocycles. The third-order valence-corrected chi connectivity index (χ3v) is 4.52. The van der Waals surface area contributed by atoms with E-state index in [1.807, 2.05) is 0 Å². The first kappa shape index (κ1) is 13.3. The molecular formula is C14H29N3. The molecule has 2 aliphatic rings. The van der Waals surface area contributed by atoms with Crippen LogP contribution in [-0.2, 0) is 0 Å². The first-order valence-corrected chi connectivity index (χ1v) is 7.38. The lowest BCUT2D eigenvalue weighted by Crippen LogP contribution is -2.53. The Labute approximate surface area is 107 Å². The predicted octanol–water partition coefficient (Wildman–Crippen LogP) is 1.54. The van der Waals surface area contributed by atoms with Crippen molar-refractivity contribution in [1.29, 1.82) is 0 Å². The average Bonchev–Trinajstić information content (AvgIpc) is 2.52. The summed E-state index contributed by atoms with van der Waals surface area (Å²) >= 11 is 0. The smallest absolute Gasteiger partial charge is 0.0224 e. The number of piperidine rings is 1. The molecule has 2 heterocycles. The molecule has 0 aromatic rings. The van der Waals surface area contributed by atoms with Gasteiger partial charge in [0.1, 0.15) is 0 Å². The summed E-state index contributed by atoms with van der Waals surface area (Å²) in [5.41, 5.74) is 0. The van der Waals surface area contributed by atoms with Crippen molar-refractivity contribution in [3.05, 3.63) is 0 Å². The van der Waals surface area contributed by atoms with Crippen molar-refractivity contribution in [2.45, 2.75) is 57.7 Å². The lowest BCUT2D eigenvalue weighted by atomic mass is 9.98. The fourth-order valence-corrected chi connectivity index (χ4v) is 3.37. The van der Waals surface area contributed by atoms with E-state index in [2.05, 4.69) is 36.0 Å². The summed E-state index contributed by atoms with van der Waals surface area (Å²) in [5.74, 6) is 0. The van der Waals surface area contributed by atoms with Gasteiger partial charge >= 0.3 is 0 Å². The molecule has 2 rings (SSSR count). The lowest BCUT2D eigenvalue weighted by molar-refractivity contribution is 0.101. The summed E-state index contributed by atoms with van der Waals surface area (Å²) in [6.07, 6.45) is 5.34. The van der Waals surface area contributed by atoms with Crippen molar-refractivity contribution >= 4 is 0 Å². The van der Waals surface area contributed by atoms with E-state index in [1.54, 1.807) is 0 Å². The number of nitrogens with one attached hydrogen (secondary N) is 1. The Balaban J connectivity index is 1.96. The summed E-state index contributed by atoms with van der Waals surface area (Å²) in [6, 6.07) is 2.27. The van der Waals surface area contributed by atoms with Gasteiger partial charge in [0.2, 0.25) is 0 Å². The minimum Gasteiger partial charge on any atom is -0.313 e. The zero-order valence-electron chi connectivity index (χ0n) is 11.8. The van der Waals surface area contributed by atoms with Gasteiger partial charge in [-0.25, -0.2) is 0 Å². The van der Waals surface area contributed by atoms with E-state index in [0.29, 0.717) is 0 Å². The molecule has 2 saturated heterocycles. The number of nitrogens with zero attached hydrogens (tertiary/aromatic N) is 2. The number of hydrogen-bond acceptors (Lipinski definition) is 3. The maximum atomic E-state index is 3.65. The monoisotopic (exact) mass is 239 g/mol. The number of hydrogen-bond donors (Lipinski definition) is 1. The van der Waals surface area contributed by atoms with Crippen molar-refractivity contribution in [2.24, 2.45) is 0 Å². The molecule has 3 nitrogen and oxygen atoms in total. The van der Waals surface area contributed by atoms with E-state index in [4.69, 9.17) is 0 Å². The zero-order chi connectivity index (χ0) is 12.3. The molecule has 0 radical (unpaired) electrons. The highest BCUT2D eigenvalue weighted by Gasteiger charge is 2.30.